The number of amides is 1. The van der Waals surface area contributed by atoms with Gasteiger partial charge in [-0.3, -0.25) is 4.79 Å². The van der Waals surface area contributed by atoms with Crippen LogP contribution < -0.4 is 0 Å². The topological polar surface area (TPSA) is 38.8 Å². The van der Waals surface area contributed by atoms with Crippen LogP contribution in [0, 0.1) is 0 Å². The highest BCUT2D eigenvalue weighted by Crippen LogP contribution is 2.36. The molecule has 2 fully saturated rings. The zero-order chi connectivity index (χ0) is 15.4. The molecule has 2 aliphatic heterocycles. The van der Waals surface area contributed by atoms with Crippen LogP contribution in [0.2, 0.25) is 0 Å². The van der Waals surface area contributed by atoms with E-state index in [1.54, 1.807) is 13.2 Å². The first kappa shape index (κ1) is 15.3. The second kappa shape index (κ2) is 6.63. The van der Waals surface area contributed by atoms with Crippen LogP contribution >= 0.6 is 0 Å². The Hall–Kier alpha value is -1.65. The van der Waals surface area contributed by atoms with Gasteiger partial charge in [0.15, 0.2) is 0 Å². The standard InChI is InChI=1S/C18H23NO3/c1-21-16-10-12-19(14-18(16)11-5-13-22-18)17(20)9-8-15-6-3-2-4-7-15/h2-4,6-9,16H,5,10-14H2,1H3/b9-8+/t16-,18-/m0/s1. The lowest BCUT2D eigenvalue weighted by Crippen LogP contribution is -2.58. The average molecular weight is 301 g/mol. The molecule has 4 nitrogen and oxygen atoms in total. The number of methoxy groups -OCH3 is 1. The van der Waals surface area contributed by atoms with E-state index in [1.807, 2.05) is 41.3 Å². The van der Waals surface area contributed by atoms with E-state index in [2.05, 4.69) is 0 Å². The highest BCUT2D eigenvalue weighted by molar-refractivity contribution is 5.91. The summed E-state index contributed by atoms with van der Waals surface area (Å²) in [6.45, 7) is 2.12. The molecule has 0 aromatic heterocycles. The molecule has 1 amide bonds. The Kier molecular flexibility index (Phi) is 4.60. The van der Waals surface area contributed by atoms with E-state index in [0.717, 1.165) is 38.0 Å². The van der Waals surface area contributed by atoms with Crippen molar-refractivity contribution < 1.29 is 14.3 Å². The van der Waals surface area contributed by atoms with Gasteiger partial charge in [-0.15, -0.1) is 0 Å². The Morgan fingerprint density at radius 3 is 2.91 bits per heavy atom. The van der Waals surface area contributed by atoms with Crippen LogP contribution in [0.5, 0.6) is 0 Å². The summed E-state index contributed by atoms with van der Waals surface area (Å²) in [4.78, 5) is 14.3. The summed E-state index contributed by atoms with van der Waals surface area (Å²) < 4.78 is 11.6. The SMILES string of the molecule is CO[C@H]1CCN(C(=O)/C=C/c2ccccc2)C[C@@]12CCCO2. The fourth-order valence-corrected chi connectivity index (χ4v) is 3.50. The monoisotopic (exact) mass is 301 g/mol. The zero-order valence-electron chi connectivity index (χ0n) is 13.0. The molecule has 22 heavy (non-hydrogen) atoms. The first-order chi connectivity index (χ1) is 10.7. The molecular weight excluding hydrogens is 278 g/mol. The molecule has 0 bridgehead atoms. The maximum atomic E-state index is 12.4. The van der Waals surface area contributed by atoms with E-state index < -0.39 is 0 Å². The van der Waals surface area contributed by atoms with Crippen LogP contribution in [0.25, 0.3) is 6.08 Å². The predicted molar refractivity (Wildman–Crippen MR) is 85.4 cm³/mol. The summed E-state index contributed by atoms with van der Waals surface area (Å²) in [5.41, 5.74) is 0.734. The van der Waals surface area contributed by atoms with E-state index in [0.29, 0.717) is 6.54 Å². The number of carbonyl (C=O) groups is 1. The van der Waals surface area contributed by atoms with Crippen molar-refractivity contribution in [2.75, 3.05) is 26.8 Å². The molecule has 1 aromatic rings. The Balaban J connectivity index is 1.67. The van der Waals surface area contributed by atoms with Gasteiger partial charge >= 0.3 is 0 Å². The Morgan fingerprint density at radius 1 is 1.41 bits per heavy atom. The number of hydrogen-bond donors (Lipinski definition) is 0. The Bertz CT molecular complexity index is 535. The zero-order valence-corrected chi connectivity index (χ0v) is 13.0. The number of piperidine rings is 1. The number of nitrogens with zero attached hydrogens (tertiary/aromatic N) is 1. The normalized spacial score (nSPS) is 28.6. The molecule has 1 aromatic carbocycles. The average Bonchev–Trinajstić information content (AvgIpc) is 3.02. The second-order valence-electron chi connectivity index (χ2n) is 6.03. The van der Waals surface area contributed by atoms with Gasteiger partial charge in [0.05, 0.1) is 12.6 Å². The first-order valence-electron chi connectivity index (χ1n) is 7.92. The summed E-state index contributed by atoms with van der Waals surface area (Å²) >= 11 is 0. The molecule has 0 N–H and O–H groups in total. The molecule has 0 aliphatic carbocycles. The van der Waals surface area contributed by atoms with Crippen LogP contribution in [0.4, 0.5) is 0 Å². The van der Waals surface area contributed by atoms with Crippen molar-refractivity contribution in [3.8, 4) is 0 Å². The molecule has 2 aliphatic rings. The van der Waals surface area contributed by atoms with Gasteiger partial charge in [0.1, 0.15) is 5.60 Å². The fourth-order valence-electron chi connectivity index (χ4n) is 3.50. The van der Waals surface area contributed by atoms with E-state index in [9.17, 15) is 4.79 Å². The van der Waals surface area contributed by atoms with E-state index in [1.165, 1.54) is 0 Å². The number of ether oxygens (including phenoxy) is 2. The maximum Gasteiger partial charge on any atom is 0.246 e. The van der Waals surface area contributed by atoms with Crippen molar-refractivity contribution in [3.63, 3.8) is 0 Å². The summed E-state index contributed by atoms with van der Waals surface area (Å²) in [5.74, 6) is 0.0493. The maximum absolute atomic E-state index is 12.4. The number of likely N-dealkylation sites (tertiary alicyclic amines) is 1. The number of hydrogen-bond acceptors (Lipinski definition) is 3. The van der Waals surface area contributed by atoms with Crippen molar-refractivity contribution in [1.29, 1.82) is 0 Å². The molecule has 2 saturated heterocycles. The molecule has 118 valence electrons. The summed E-state index contributed by atoms with van der Waals surface area (Å²) in [6.07, 6.45) is 6.47. The smallest absolute Gasteiger partial charge is 0.246 e. The third-order valence-corrected chi connectivity index (χ3v) is 4.65. The minimum atomic E-state index is -0.302. The lowest BCUT2D eigenvalue weighted by atomic mass is 9.86. The first-order valence-corrected chi connectivity index (χ1v) is 7.92. The van der Waals surface area contributed by atoms with Gasteiger partial charge in [-0.25, -0.2) is 0 Å². The van der Waals surface area contributed by atoms with Crippen molar-refractivity contribution in [2.45, 2.75) is 31.0 Å². The molecule has 3 rings (SSSR count). The highest BCUT2D eigenvalue weighted by atomic mass is 16.6. The highest BCUT2D eigenvalue weighted by Gasteiger charge is 2.47. The van der Waals surface area contributed by atoms with Gasteiger partial charge in [0.2, 0.25) is 5.91 Å². The quantitative estimate of drug-likeness (QED) is 0.805. The minimum Gasteiger partial charge on any atom is -0.378 e. The largest absolute Gasteiger partial charge is 0.378 e. The van der Waals surface area contributed by atoms with E-state index >= 15 is 0 Å². The molecule has 2 atom stereocenters. The van der Waals surface area contributed by atoms with Crippen molar-refractivity contribution in [2.24, 2.45) is 0 Å². The van der Waals surface area contributed by atoms with Crippen LogP contribution in [-0.4, -0.2) is 49.3 Å². The van der Waals surface area contributed by atoms with Gasteiger partial charge in [-0.2, -0.15) is 0 Å². The van der Waals surface area contributed by atoms with Crippen LogP contribution in [0.1, 0.15) is 24.8 Å². The Morgan fingerprint density at radius 2 is 2.23 bits per heavy atom. The molecule has 0 saturated carbocycles. The van der Waals surface area contributed by atoms with Gasteiger partial charge in [-0.05, 0) is 30.9 Å². The van der Waals surface area contributed by atoms with Crippen molar-refractivity contribution in [1.82, 2.24) is 4.90 Å². The predicted octanol–water partition coefficient (Wildman–Crippen LogP) is 2.50. The third-order valence-electron chi connectivity index (χ3n) is 4.65. The molecular formula is C18H23NO3. The molecule has 0 unspecified atom stereocenters. The lowest BCUT2D eigenvalue weighted by molar-refractivity contribution is -0.157. The summed E-state index contributed by atoms with van der Waals surface area (Å²) in [5, 5.41) is 0. The van der Waals surface area contributed by atoms with Gasteiger partial charge in [0.25, 0.3) is 0 Å². The summed E-state index contributed by atoms with van der Waals surface area (Å²) in [7, 11) is 1.74. The third kappa shape index (κ3) is 3.08. The van der Waals surface area contributed by atoms with Gasteiger partial charge < -0.3 is 14.4 Å². The number of rotatable bonds is 3. The fraction of sp³-hybridized carbons (Fsp3) is 0.500. The van der Waals surface area contributed by atoms with Gasteiger partial charge in [0, 0.05) is 26.3 Å². The number of carbonyl (C=O) groups excluding carboxylic acids is 1. The number of benzene rings is 1. The van der Waals surface area contributed by atoms with Crippen LogP contribution in [0.15, 0.2) is 36.4 Å². The van der Waals surface area contributed by atoms with E-state index in [4.69, 9.17) is 9.47 Å². The molecule has 2 heterocycles. The Labute approximate surface area is 131 Å². The van der Waals surface area contributed by atoms with Crippen molar-refractivity contribution in [3.05, 3.63) is 42.0 Å². The van der Waals surface area contributed by atoms with Gasteiger partial charge in [-0.1, -0.05) is 30.3 Å². The van der Waals surface area contributed by atoms with Crippen LogP contribution in [0.3, 0.4) is 0 Å². The van der Waals surface area contributed by atoms with Crippen molar-refractivity contribution >= 4 is 12.0 Å². The minimum absolute atomic E-state index is 0.0493. The molecule has 4 heteroatoms. The van der Waals surface area contributed by atoms with E-state index in [-0.39, 0.29) is 17.6 Å². The lowest BCUT2D eigenvalue weighted by Gasteiger charge is -2.44. The van der Waals surface area contributed by atoms with Crippen LogP contribution in [-0.2, 0) is 14.3 Å². The second-order valence-corrected chi connectivity index (χ2v) is 6.03. The molecule has 0 radical (unpaired) electrons. The summed E-state index contributed by atoms with van der Waals surface area (Å²) in [6, 6.07) is 9.88. The molecule has 1 spiro atoms.